The van der Waals surface area contributed by atoms with Crippen LogP contribution in [0.25, 0.3) is 0 Å². The van der Waals surface area contributed by atoms with Gasteiger partial charge in [-0.3, -0.25) is 4.90 Å². The highest BCUT2D eigenvalue weighted by Gasteiger charge is 2.43. The number of hydrogen-bond acceptors (Lipinski definition) is 8. The maximum Gasteiger partial charge on any atom is 0.213 e. The third-order valence-corrected chi connectivity index (χ3v) is 6.70. The SMILES string of the molecule is CC(C)(O)CO/N=C(\c1ccc(F)c(F)c1)c1ncc(CN2CCC3(CC2)OCc2cc(F)ncc23)cn1. The van der Waals surface area contributed by atoms with E-state index in [9.17, 15) is 18.3 Å². The van der Waals surface area contributed by atoms with Crippen LogP contribution in [0.1, 0.15) is 54.8 Å². The number of rotatable bonds is 7. The van der Waals surface area contributed by atoms with Gasteiger partial charge >= 0.3 is 0 Å². The summed E-state index contributed by atoms with van der Waals surface area (Å²) in [6, 6.07) is 4.80. The minimum absolute atomic E-state index is 0.113. The second kappa shape index (κ2) is 10.4. The van der Waals surface area contributed by atoms with Gasteiger partial charge in [-0.1, -0.05) is 5.16 Å². The van der Waals surface area contributed by atoms with Gasteiger partial charge in [-0.05, 0) is 56.5 Å². The van der Waals surface area contributed by atoms with E-state index < -0.39 is 28.8 Å². The Labute approximate surface area is 218 Å². The van der Waals surface area contributed by atoms with Crippen molar-refractivity contribution in [1.82, 2.24) is 19.9 Å². The van der Waals surface area contributed by atoms with Gasteiger partial charge < -0.3 is 14.7 Å². The summed E-state index contributed by atoms with van der Waals surface area (Å²) in [7, 11) is 0. The second-order valence-electron chi connectivity index (χ2n) is 10.3. The number of likely N-dealkylation sites (tertiary alicyclic amines) is 1. The Morgan fingerprint density at radius 2 is 1.82 bits per heavy atom. The molecule has 1 spiro atoms. The van der Waals surface area contributed by atoms with Crippen molar-refractivity contribution in [2.24, 2.45) is 5.16 Å². The van der Waals surface area contributed by atoms with Gasteiger partial charge in [-0.2, -0.15) is 4.39 Å². The molecule has 1 aromatic carbocycles. The van der Waals surface area contributed by atoms with Crippen LogP contribution < -0.4 is 0 Å². The molecule has 0 amide bonds. The van der Waals surface area contributed by atoms with E-state index in [1.165, 1.54) is 12.1 Å². The van der Waals surface area contributed by atoms with Crippen LogP contribution in [-0.4, -0.2) is 56.0 Å². The van der Waals surface area contributed by atoms with Gasteiger partial charge in [0, 0.05) is 54.9 Å². The Morgan fingerprint density at radius 3 is 2.50 bits per heavy atom. The summed E-state index contributed by atoms with van der Waals surface area (Å²) in [6.07, 6.45) is 6.44. The highest BCUT2D eigenvalue weighted by molar-refractivity contribution is 6.10. The highest BCUT2D eigenvalue weighted by Crippen LogP contribution is 2.44. The number of benzene rings is 1. The second-order valence-corrected chi connectivity index (χ2v) is 10.3. The van der Waals surface area contributed by atoms with Crippen LogP contribution in [-0.2, 0) is 28.3 Å². The minimum atomic E-state index is -1.14. The molecule has 0 atom stereocenters. The molecule has 0 saturated carbocycles. The van der Waals surface area contributed by atoms with Crippen molar-refractivity contribution in [2.75, 3.05) is 19.7 Å². The lowest BCUT2D eigenvalue weighted by Gasteiger charge is -2.39. The highest BCUT2D eigenvalue weighted by atomic mass is 19.2. The number of piperidine rings is 1. The summed E-state index contributed by atoms with van der Waals surface area (Å²) in [5.41, 5.74) is 1.48. The largest absolute Gasteiger partial charge is 0.392 e. The van der Waals surface area contributed by atoms with E-state index in [2.05, 4.69) is 25.0 Å². The standard InChI is InChI=1S/C27H28F3N5O3/c1-26(2,36)16-38-34-24(18-3-4-21(28)22(29)9-18)25-32-11-17(12-33-25)14-35-7-5-27(6-8-35)20-13-31-23(30)10-19(20)15-37-27/h3-4,9-13,36H,5-8,14-16H2,1-2H3/b34-24+. The van der Waals surface area contributed by atoms with Crippen molar-refractivity contribution in [3.05, 3.63) is 88.5 Å². The summed E-state index contributed by atoms with van der Waals surface area (Å²) in [5.74, 6) is -2.34. The van der Waals surface area contributed by atoms with Gasteiger partial charge in [0.2, 0.25) is 5.95 Å². The van der Waals surface area contributed by atoms with E-state index in [1.807, 2.05) is 0 Å². The van der Waals surface area contributed by atoms with E-state index in [4.69, 9.17) is 9.57 Å². The lowest BCUT2D eigenvalue weighted by Crippen LogP contribution is -2.42. The molecule has 2 aliphatic heterocycles. The zero-order valence-corrected chi connectivity index (χ0v) is 21.1. The van der Waals surface area contributed by atoms with E-state index in [0.717, 1.165) is 54.8 Å². The lowest BCUT2D eigenvalue weighted by atomic mass is 9.84. The van der Waals surface area contributed by atoms with Crippen molar-refractivity contribution in [1.29, 1.82) is 0 Å². The number of nitrogens with zero attached hydrogens (tertiary/aromatic N) is 5. The average molecular weight is 528 g/mol. The number of ether oxygens (including phenoxy) is 1. The first-order valence-electron chi connectivity index (χ1n) is 12.3. The van der Waals surface area contributed by atoms with Crippen molar-refractivity contribution in [3.8, 4) is 0 Å². The molecule has 1 N–H and O–H groups in total. The Morgan fingerprint density at radius 1 is 1.08 bits per heavy atom. The summed E-state index contributed by atoms with van der Waals surface area (Å²) in [5, 5.41) is 13.9. The molecule has 0 unspecified atom stereocenters. The number of hydrogen-bond donors (Lipinski definition) is 1. The fourth-order valence-corrected chi connectivity index (χ4v) is 4.72. The number of halogens is 3. The molecule has 5 rings (SSSR count). The predicted octanol–water partition coefficient (Wildman–Crippen LogP) is 3.85. The zero-order chi connectivity index (χ0) is 26.9. The Bertz CT molecular complexity index is 1340. The number of aliphatic hydroxyl groups is 1. The monoisotopic (exact) mass is 527 g/mol. The molecule has 38 heavy (non-hydrogen) atoms. The molecule has 3 aromatic rings. The van der Waals surface area contributed by atoms with E-state index in [1.54, 1.807) is 32.4 Å². The Kier molecular flexibility index (Phi) is 7.17. The van der Waals surface area contributed by atoms with E-state index in [-0.39, 0.29) is 23.7 Å². The quantitative estimate of drug-likeness (QED) is 0.284. The summed E-state index contributed by atoms with van der Waals surface area (Å²) in [6.45, 7) is 5.54. The maximum absolute atomic E-state index is 13.9. The van der Waals surface area contributed by atoms with Crippen LogP contribution in [0.4, 0.5) is 13.2 Å². The molecular weight excluding hydrogens is 499 g/mol. The van der Waals surface area contributed by atoms with Crippen LogP contribution in [0.5, 0.6) is 0 Å². The van der Waals surface area contributed by atoms with Gasteiger partial charge in [0.15, 0.2) is 23.2 Å². The average Bonchev–Trinajstić information content (AvgIpc) is 3.22. The first-order chi connectivity index (χ1) is 18.1. The number of aromatic nitrogens is 3. The predicted molar refractivity (Wildman–Crippen MR) is 131 cm³/mol. The Hall–Kier alpha value is -3.41. The fourth-order valence-electron chi connectivity index (χ4n) is 4.72. The molecule has 0 radical (unpaired) electrons. The molecule has 1 fully saturated rings. The van der Waals surface area contributed by atoms with Crippen molar-refractivity contribution < 1.29 is 27.9 Å². The van der Waals surface area contributed by atoms with Crippen LogP contribution in [0.3, 0.4) is 0 Å². The van der Waals surface area contributed by atoms with Crippen LogP contribution in [0, 0.1) is 17.6 Å². The van der Waals surface area contributed by atoms with Crippen molar-refractivity contribution >= 4 is 5.71 Å². The molecule has 0 bridgehead atoms. The van der Waals surface area contributed by atoms with Crippen molar-refractivity contribution in [3.63, 3.8) is 0 Å². The molecule has 0 aliphatic carbocycles. The fraction of sp³-hybridized carbons (Fsp3) is 0.407. The molecule has 8 nitrogen and oxygen atoms in total. The summed E-state index contributed by atoms with van der Waals surface area (Å²) in [4.78, 5) is 20.2. The Balaban J connectivity index is 1.27. The summed E-state index contributed by atoms with van der Waals surface area (Å²) < 4.78 is 47.0. The van der Waals surface area contributed by atoms with E-state index >= 15 is 0 Å². The smallest absolute Gasteiger partial charge is 0.213 e. The molecule has 1 saturated heterocycles. The summed E-state index contributed by atoms with van der Waals surface area (Å²) >= 11 is 0. The number of oxime groups is 1. The molecule has 2 aliphatic rings. The first-order valence-corrected chi connectivity index (χ1v) is 12.3. The van der Waals surface area contributed by atoms with Gasteiger partial charge in [-0.15, -0.1) is 0 Å². The number of fused-ring (bicyclic) bond motifs is 2. The van der Waals surface area contributed by atoms with Gasteiger partial charge in [0.1, 0.15) is 6.61 Å². The van der Waals surface area contributed by atoms with Crippen LogP contribution in [0.2, 0.25) is 0 Å². The van der Waals surface area contributed by atoms with Crippen LogP contribution >= 0.6 is 0 Å². The first kappa shape index (κ1) is 26.2. The van der Waals surface area contributed by atoms with Gasteiger partial charge in [-0.25, -0.2) is 23.7 Å². The molecule has 11 heteroatoms. The maximum atomic E-state index is 13.9. The van der Waals surface area contributed by atoms with Crippen molar-refractivity contribution in [2.45, 2.75) is 51.0 Å². The third kappa shape index (κ3) is 5.69. The topological polar surface area (TPSA) is 93.0 Å². The normalized spacial score (nSPS) is 17.6. The van der Waals surface area contributed by atoms with Crippen LogP contribution in [0.15, 0.2) is 48.0 Å². The number of pyridine rings is 1. The van der Waals surface area contributed by atoms with Gasteiger partial charge in [0.25, 0.3) is 0 Å². The van der Waals surface area contributed by atoms with E-state index in [0.29, 0.717) is 13.2 Å². The lowest BCUT2D eigenvalue weighted by molar-refractivity contribution is -0.0800. The zero-order valence-electron chi connectivity index (χ0n) is 21.1. The molecular formula is C27H28F3N5O3. The molecule has 2 aromatic heterocycles. The molecule has 4 heterocycles. The minimum Gasteiger partial charge on any atom is -0.392 e. The third-order valence-electron chi connectivity index (χ3n) is 6.70. The van der Waals surface area contributed by atoms with Gasteiger partial charge in [0.05, 0.1) is 17.8 Å². The molecule has 200 valence electrons.